The SMILES string of the molecule is O=S(=O)(NCc1ccccc1)N1CCN(CCc2ccncc2)CC1. The van der Waals surface area contributed by atoms with Gasteiger partial charge >= 0.3 is 0 Å². The third kappa shape index (κ3) is 5.34. The molecule has 2 heterocycles. The van der Waals surface area contributed by atoms with Crippen molar-refractivity contribution in [3.8, 4) is 0 Å². The lowest BCUT2D eigenvalue weighted by Crippen LogP contribution is -2.52. The summed E-state index contributed by atoms with van der Waals surface area (Å²) in [5.74, 6) is 0. The van der Waals surface area contributed by atoms with E-state index < -0.39 is 10.2 Å². The van der Waals surface area contributed by atoms with Gasteiger partial charge in [-0.15, -0.1) is 0 Å². The number of benzene rings is 1. The molecule has 1 aromatic heterocycles. The van der Waals surface area contributed by atoms with Gasteiger partial charge in [-0.3, -0.25) is 4.98 Å². The standard InChI is InChI=1S/C18H24N4O2S/c23-25(24,20-16-18-4-2-1-3-5-18)22-14-12-21(13-15-22)11-8-17-6-9-19-10-7-17/h1-7,9-10,20H,8,11-16H2. The first kappa shape index (κ1) is 18.0. The molecule has 6 nitrogen and oxygen atoms in total. The molecule has 0 saturated carbocycles. The number of nitrogens with zero attached hydrogens (tertiary/aromatic N) is 3. The maximum absolute atomic E-state index is 12.4. The van der Waals surface area contributed by atoms with Crippen LogP contribution in [0.25, 0.3) is 0 Å². The minimum atomic E-state index is -3.42. The Hall–Kier alpha value is -1.80. The lowest BCUT2D eigenvalue weighted by Gasteiger charge is -2.33. The summed E-state index contributed by atoms with van der Waals surface area (Å²) in [6, 6.07) is 13.6. The Labute approximate surface area is 149 Å². The molecule has 3 rings (SSSR count). The van der Waals surface area contributed by atoms with Crippen LogP contribution in [0.4, 0.5) is 0 Å². The maximum atomic E-state index is 12.4. The van der Waals surface area contributed by atoms with E-state index in [4.69, 9.17) is 0 Å². The molecule has 0 aliphatic carbocycles. The summed E-state index contributed by atoms with van der Waals surface area (Å²) < 4.78 is 29.1. The Kier molecular flexibility index (Phi) is 6.14. The minimum absolute atomic E-state index is 0.325. The quantitative estimate of drug-likeness (QED) is 0.808. The average molecular weight is 360 g/mol. The van der Waals surface area contributed by atoms with Gasteiger partial charge in [0.1, 0.15) is 0 Å². The number of pyridine rings is 1. The normalized spacial score (nSPS) is 16.8. The summed E-state index contributed by atoms with van der Waals surface area (Å²) in [5, 5.41) is 0. The first-order valence-electron chi connectivity index (χ1n) is 8.53. The molecule has 25 heavy (non-hydrogen) atoms. The van der Waals surface area contributed by atoms with Crippen LogP contribution in [0.2, 0.25) is 0 Å². The molecule has 0 spiro atoms. The van der Waals surface area contributed by atoms with Gasteiger partial charge in [0.15, 0.2) is 0 Å². The summed E-state index contributed by atoms with van der Waals surface area (Å²) >= 11 is 0. The Bertz CT molecular complexity index is 745. The zero-order chi connectivity index (χ0) is 17.5. The molecule has 2 aromatic rings. The molecule has 0 amide bonds. The molecule has 0 unspecified atom stereocenters. The fraction of sp³-hybridized carbons (Fsp3) is 0.389. The highest BCUT2D eigenvalue weighted by atomic mass is 32.2. The highest BCUT2D eigenvalue weighted by Gasteiger charge is 2.26. The van der Waals surface area contributed by atoms with Crippen LogP contribution in [-0.2, 0) is 23.2 Å². The van der Waals surface area contributed by atoms with Crippen LogP contribution >= 0.6 is 0 Å². The predicted octanol–water partition coefficient (Wildman–Crippen LogP) is 1.28. The fourth-order valence-electron chi connectivity index (χ4n) is 2.89. The zero-order valence-electron chi connectivity index (χ0n) is 14.2. The van der Waals surface area contributed by atoms with E-state index in [-0.39, 0.29) is 0 Å². The van der Waals surface area contributed by atoms with Gasteiger partial charge in [0, 0.05) is 51.7 Å². The first-order valence-corrected chi connectivity index (χ1v) is 9.97. The van der Waals surface area contributed by atoms with Crippen molar-refractivity contribution < 1.29 is 8.42 Å². The van der Waals surface area contributed by atoms with Crippen LogP contribution in [0, 0.1) is 0 Å². The number of hydrogen-bond acceptors (Lipinski definition) is 4. The number of hydrogen-bond donors (Lipinski definition) is 1. The lowest BCUT2D eigenvalue weighted by atomic mass is 10.2. The van der Waals surface area contributed by atoms with Crippen molar-refractivity contribution in [3.05, 3.63) is 66.0 Å². The van der Waals surface area contributed by atoms with E-state index in [1.807, 2.05) is 42.5 Å². The Morgan fingerprint density at radius 1 is 0.920 bits per heavy atom. The van der Waals surface area contributed by atoms with Crippen LogP contribution < -0.4 is 4.72 Å². The first-order chi connectivity index (χ1) is 12.1. The van der Waals surface area contributed by atoms with Crippen LogP contribution in [-0.4, -0.2) is 55.3 Å². The van der Waals surface area contributed by atoms with Crippen molar-refractivity contribution >= 4 is 10.2 Å². The maximum Gasteiger partial charge on any atom is 0.279 e. The second-order valence-electron chi connectivity index (χ2n) is 6.16. The zero-order valence-corrected chi connectivity index (χ0v) is 15.0. The van der Waals surface area contributed by atoms with Gasteiger partial charge in [0.25, 0.3) is 10.2 Å². The lowest BCUT2D eigenvalue weighted by molar-refractivity contribution is 0.189. The highest BCUT2D eigenvalue weighted by Crippen LogP contribution is 2.09. The van der Waals surface area contributed by atoms with Crippen molar-refractivity contribution in [1.29, 1.82) is 0 Å². The molecular formula is C18H24N4O2S. The minimum Gasteiger partial charge on any atom is -0.300 e. The van der Waals surface area contributed by atoms with Crippen molar-refractivity contribution in [2.24, 2.45) is 0 Å². The second kappa shape index (κ2) is 8.53. The van der Waals surface area contributed by atoms with Crippen molar-refractivity contribution in [2.45, 2.75) is 13.0 Å². The highest BCUT2D eigenvalue weighted by molar-refractivity contribution is 7.87. The second-order valence-corrected chi connectivity index (χ2v) is 7.91. The van der Waals surface area contributed by atoms with Crippen LogP contribution in [0.3, 0.4) is 0 Å². The molecule has 134 valence electrons. The average Bonchev–Trinajstić information content (AvgIpc) is 2.67. The smallest absolute Gasteiger partial charge is 0.279 e. The predicted molar refractivity (Wildman–Crippen MR) is 98.2 cm³/mol. The molecule has 1 fully saturated rings. The Morgan fingerprint density at radius 3 is 2.28 bits per heavy atom. The summed E-state index contributed by atoms with van der Waals surface area (Å²) in [4.78, 5) is 6.33. The number of aromatic nitrogens is 1. The monoisotopic (exact) mass is 360 g/mol. The van der Waals surface area contributed by atoms with Crippen LogP contribution in [0.15, 0.2) is 54.9 Å². The van der Waals surface area contributed by atoms with Gasteiger partial charge in [-0.2, -0.15) is 17.4 Å². The van der Waals surface area contributed by atoms with Crippen molar-refractivity contribution in [2.75, 3.05) is 32.7 Å². The molecule has 1 N–H and O–H groups in total. The molecule has 0 radical (unpaired) electrons. The summed E-state index contributed by atoms with van der Waals surface area (Å²) in [6.45, 7) is 3.84. The topological polar surface area (TPSA) is 65.5 Å². The number of piperazine rings is 1. The van der Waals surface area contributed by atoms with E-state index in [2.05, 4.69) is 14.6 Å². The van der Waals surface area contributed by atoms with Crippen LogP contribution in [0.5, 0.6) is 0 Å². The summed E-state index contributed by atoms with van der Waals surface area (Å²) in [6.07, 6.45) is 4.57. The van der Waals surface area contributed by atoms with E-state index in [0.29, 0.717) is 19.6 Å². The fourth-order valence-corrected chi connectivity index (χ4v) is 4.07. The van der Waals surface area contributed by atoms with Gasteiger partial charge in [-0.05, 0) is 29.7 Å². The van der Waals surface area contributed by atoms with Gasteiger partial charge < -0.3 is 4.90 Å². The molecule has 7 heteroatoms. The van der Waals surface area contributed by atoms with Crippen molar-refractivity contribution in [3.63, 3.8) is 0 Å². The van der Waals surface area contributed by atoms with Gasteiger partial charge in [-0.25, -0.2) is 0 Å². The van der Waals surface area contributed by atoms with E-state index in [0.717, 1.165) is 31.6 Å². The molecule has 0 atom stereocenters. The molecule has 1 aliphatic heterocycles. The number of nitrogens with one attached hydrogen (secondary N) is 1. The summed E-state index contributed by atoms with van der Waals surface area (Å²) in [5.41, 5.74) is 2.22. The van der Waals surface area contributed by atoms with Crippen molar-refractivity contribution in [1.82, 2.24) is 18.9 Å². The molecule has 1 saturated heterocycles. The molecular weight excluding hydrogens is 336 g/mol. The third-order valence-corrected chi connectivity index (χ3v) is 5.99. The van der Waals surface area contributed by atoms with Crippen LogP contribution in [0.1, 0.15) is 11.1 Å². The van der Waals surface area contributed by atoms with E-state index >= 15 is 0 Å². The molecule has 1 aromatic carbocycles. The molecule has 0 bridgehead atoms. The Balaban J connectivity index is 1.44. The van der Waals surface area contributed by atoms with Gasteiger partial charge in [-0.1, -0.05) is 30.3 Å². The summed E-state index contributed by atoms with van der Waals surface area (Å²) in [7, 11) is -3.42. The van der Waals surface area contributed by atoms with Gasteiger partial charge in [0.05, 0.1) is 0 Å². The van der Waals surface area contributed by atoms with E-state index in [1.165, 1.54) is 5.56 Å². The van der Waals surface area contributed by atoms with E-state index in [1.54, 1.807) is 16.7 Å². The Morgan fingerprint density at radius 2 is 1.60 bits per heavy atom. The van der Waals surface area contributed by atoms with Gasteiger partial charge in [0.2, 0.25) is 0 Å². The van der Waals surface area contributed by atoms with E-state index in [9.17, 15) is 8.42 Å². The third-order valence-electron chi connectivity index (χ3n) is 4.44. The largest absolute Gasteiger partial charge is 0.300 e. The number of rotatable bonds is 7. The molecule has 1 aliphatic rings.